The van der Waals surface area contributed by atoms with Crippen molar-refractivity contribution >= 4 is 87.2 Å². The summed E-state index contributed by atoms with van der Waals surface area (Å²) in [5.74, 6) is 5.85. The Morgan fingerprint density at radius 1 is 0.286 bits per heavy atom. The molecule has 6 heteroatoms. The summed E-state index contributed by atoms with van der Waals surface area (Å²) in [5.41, 5.74) is 28.0. The van der Waals surface area contributed by atoms with Gasteiger partial charge in [0.2, 0.25) is 0 Å². The first-order chi connectivity index (χ1) is 53.3. The van der Waals surface area contributed by atoms with Gasteiger partial charge in [0.1, 0.15) is 23.0 Å². The molecule has 2 aliphatic heterocycles. The van der Waals surface area contributed by atoms with Gasteiger partial charge >= 0.3 is 0 Å². The zero-order valence-corrected chi connectivity index (χ0v) is 68.9. The summed E-state index contributed by atoms with van der Waals surface area (Å²) >= 11 is 0. The Morgan fingerprint density at radius 2 is 0.509 bits per heavy atom. The zero-order chi connectivity index (χ0) is 77.5. The highest BCUT2D eigenvalue weighted by Crippen LogP contribution is 2.64. The molecule has 0 radical (unpaired) electrons. The molecule has 0 bridgehead atoms. The fourth-order valence-electron chi connectivity index (χ4n) is 20.6. The Balaban J connectivity index is 0.849. The summed E-state index contributed by atoms with van der Waals surface area (Å²) in [4.78, 5) is 0. The lowest BCUT2D eigenvalue weighted by atomic mass is 9.62. The molecule has 12 aromatic carbocycles. The molecule has 4 aromatic heterocycles. The number of benzene rings is 12. The lowest BCUT2D eigenvalue weighted by molar-refractivity contribution is 0.399. The average Bonchev–Trinajstić information content (AvgIpc) is 0.864. The Kier molecular flexibility index (Phi) is 14.3. The summed E-state index contributed by atoms with van der Waals surface area (Å²) in [5, 5.41) is 10.2. The zero-order valence-electron chi connectivity index (χ0n) is 68.9. The van der Waals surface area contributed by atoms with Crippen molar-refractivity contribution < 1.29 is 9.47 Å². The van der Waals surface area contributed by atoms with E-state index in [1.807, 2.05) is 0 Å². The monoisotopic (exact) mass is 1460 g/mol. The molecule has 0 saturated heterocycles. The molecule has 7 unspecified atom stereocenters. The minimum absolute atomic E-state index is 0.0450. The van der Waals surface area contributed by atoms with E-state index in [0.717, 1.165) is 79.0 Å². The molecule has 7 atom stereocenters. The number of ether oxygens (including phenoxy) is 2. The molecule has 3 saturated carbocycles. The second-order valence-electron chi connectivity index (χ2n) is 39.6. The molecule has 560 valence electrons. The van der Waals surface area contributed by atoms with Crippen LogP contribution in [0.1, 0.15) is 229 Å². The van der Waals surface area contributed by atoms with Crippen LogP contribution in [0.4, 0.5) is 0 Å². The Morgan fingerprint density at radius 3 is 0.741 bits per heavy atom. The fourth-order valence-corrected chi connectivity index (χ4v) is 20.6. The van der Waals surface area contributed by atoms with Crippen LogP contribution >= 0.6 is 0 Å². The number of hydrogen-bond acceptors (Lipinski definition) is 2. The second kappa shape index (κ2) is 23.1. The summed E-state index contributed by atoms with van der Waals surface area (Å²) in [6, 6.07) is 86.5. The molecule has 0 amide bonds. The van der Waals surface area contributed by atoms with Gasteiger partial charge < -0.3 is 27.7 Å². The van der Waals surface area contributed by atoms with Crippen molar-refractivity contribution in [3.05, 3.63) is 285 Å². The van der Waals surface area contributed by atoms with Crippen molar-refractivity contribution in [2.24, 2.45) is 17.8 Å². The van der Waals surface area contributed by atoms with Crippen LogP contribution in [0.15, 0.2) is 218 Å². The predicted molar refractivity (Wildman–Crippen MR) is 470 cm³/mol. The smallest absolute Gasteiger partial charge is 0.134 e. The average molecular weight is 1470 g/mol. The Labute approximate surface area is 660 Å². The minimum atomic E-state index is -0.992. The number of rotatable bonds is 9. The third-order valence-corrected chi connectivity index (χ3v) is 28.9. The van der Waals surface area contributed by atoms with E-state index in [0.29, 0.717) is 29.6 Å². The lowest BCUT2D eigenvalue weighted by Crippen LogP contribution is -2.37. The van der Waals surface area contributed by atoms with Crippen molar-refractivity contribution in [1.29, 1.82) is 0 Å². The van der Waals surface area contributed by atoms with Crippen LogP contribution in [0, 0.1) is 17.8 Å². The van der Waals surface area contributed by atoms with E-state index < -0.39 is 5.41 Å². The van der Waals surface area contributed by atoms with E-state index in [4.69, 9.17) is 9.47 Å². The molecule has 6 heterocycles. The Hall–Kier alpha value is -10.6. The van der Waals surface area contributed by atoms with E-state index in [-0.39, 0.29) is 32.5 Å². The van der Waals surface area contributed by atoms with Gasteiger partial charge in [0.25, 0.3) is 0 Å². The van der Waals surface area contributed by atoms with Gasteiger partial charge in [0.15, 0.2) is 0 Å². The predicted octanol–water partition coefficient (Wildman–Crippen LogP) is 28.7. The summed E-state index contributed by atoms with van der Waals surface area (Å²) in [6.07, 6.45) is 3.61. The van der Waals surface area contributed by atoms with Crippen molar-refractivity contribution in [3.63, 3.8) is 0 Å². The first-order valence-electron chi connectivity index (χ1n) is 41.6. The van der Waals surface area contributed by atoms with E-state index in [1.54, 1.807) is 0 Å². The van der Waals surface area contributed by atoms with E-state index in [2.05, 4.69) is 368 Å². The van der Waals surface area contributed by atoms with Gasteiger partial charge in [0.05, 0.1) is 49.5 Å². The van der Waals surface area contributed by atoms with Gasteiger partial charge in [-0.15, -0.1) is 0 Å². The first kappa shape index (κ1) is 69.4. The second-order valence-corrected chi connectivity index (χ2v) is 39.6. The molecule has 3 fully saturated rings. The first-order valence-corrected chi connectivity index (χ1v) is 41.6. The molecule has 6 nitrogen and oxygen atoms in total. The number of fused-ring (bicyclic) bond motifs is 20. The van der Waals surface area contributed by atoms with Crippen LogP contribution in [0.3, 0.4) is 0 Å². The third-order valence-electron chi connectivity index (χ3n) is 28.9. The SMILES string of the molecule is CC(C)c1ccc2c(c1)c1cc(C(C)(C)C)ccc1n2-c1ccc2c(c1)Oc1cc(-n3c4ccc(C(C)C)cc4c4cc(C5(C)CC5C)ccc43)ccc1C21c2ccc(-n3c4ccc(C(C)(C)C)cc4c4cc(C(C)(C)C)ccc43)cc2Oc2cc(-n3c4ccc(C5(C)CC5C)cc4c4cc(C5(C)CC5C)ccc43)ccc21. The van der Waals surface area contributed by atoms with E-state index >= 15 is 0 Å². The van der Waals surface area contributed by atoms with Crippen molar-refractivity contribution in [3.8, 4) is 45.7 Å². The lowest BCUT2D eigenvalue weighted by Gasteiger charge is -2.45. The maximum absolute atomic E-state index is 7.97. The van der Waals surface area contributed by atoms with Gasteiger partial charge in [-0.05, 0) is 247 Å². The molecule has 1 spiro atoms. The number of hydrogen-bond donors (Lipinski definition) is 0. The highest BCUT2D eigenvalue weighted by Gasteiger charge is 2.53. The van der Waals surface area contributed by atoms with E-state index in [1.165, 1.54) is 140 Å². The highest BCUT2D eigenvalue weighted by molar-refractivity contribution is 6.13. The van der Waals surface area contributed by atoms with Gasteiger partial charge in [0, 0.05) is 112 Å². The third kappa shape index (κ3) is 9.87. The Bertz CT molecular complexity index is 6660. The van der Waals surface area contributed by atoms with Crippen molar-refractivity contribution in [2.45, 2.75) is 201 Å². The summed E-state index contributed by atoms with van der Waals surface area (Å²) in [7, 11) is 0. The van der Waals surface area contributed by atoms with Crippen LogP contribution in [-0.2, 0) is 37.9 Å². The normalized spacial score (nSPS) is 22.0. The minimum Gasteiger partial charge on any atom is -0.457 e. The maximum atomic E-state index is 7.97. The quantitative estimate of drug-likeness (QED) is 0.144. The van der Waals surface area contributed by atoms with E-state index in [9.17, 15) is 0 Å². The highest BCUT2D eigenvalue weighted by atomic mass is 16.5. The van der Waals surface area contributed by atoms with Crippen molar-refractivity contribution in [2.75, 3.05) is 0 Å². The molecule has 0 N–H and O–H groups in total. The van der Waals surface area contributed by atoms with Crippen LogP contribution in [0.2, 0.25) is 0 Å². The van der Waals surface area contributed by atoms with Gasteiger partial charge in [-0.1, -0.05) is 204 Å². The molecule has 21 rings (SSSR count). The van der Waals surface area contributed by atoms with Crippen LogP contribution in [0.25, 0.3) is 110 Å². The molecule has 112 heavy (non-hydrogen) atoms. The largest absolute Gasteiger partial charge is 0.457 e. The number of nitrogens with zero attached hydrogens (tertiary/aromatic N) is 4. The molecule has 5 aliphatic rings. The fraction of sp³-hybridized carbons (Fsp3) is 0.321. The van der Waals surface area contributed by atoms with Crippen LogP contribution in [-0.4, -0.2) is 18.3 Å². The van der Waals surface area contributed by atoms with Crippen molar-refractivity contribution in [1.82, 2.24) is 18.3 Å². The molecule has 16 aromatic rings. The van der Waals surface area contributed by atoms with Crippen LogP contribution < -0.4 is 9.47 Å². The summed E-state index contributed by atoms with van der Waals surface area (Å²) < 4.78 is 25.9. The molecular weight excluding hydrogens is 1360 g/mol. The molecular formula is C106H104N4O2. The standard InChI is InChI=1S/C106H104N4O2/c1-59(2)64-20-36-88-76(44-64)78-46-66(100(8,9)10)22-38-90(78)107(88)72-28-32-84-96(52-72)111-97-53-73(108-89-37-21-65(60(3)4)45-77(89)81-49-69(25-41-93(81)108)103(17)56-61(103)5)29-33-85(97)106(84)86-34-30-74(109-91-39-23-67(101(11,12)13)47-79(91)80-48-68(102(14,15)16)24-40-92(80)109)54-98(86)112-99-55-75(31-35-87(99)106)110-94-42-26-70(104(18)57-62(104)6)50-82(94)83-51-71(27-43-95(83)110)105(19)58-63(105)7/h20-55,59-63H,56-58H2,1-19H3. The summed E-state index contributed by atoms with van der Waals surface area (Å²) in [6.45, 7) is 44.8. The maximum Gasteiger partial charge on any atom is 0.134 e. The van der Waals surface area contributed by atoms with Crippen LogP contribution in [0.5, 0.6) is 23.0 Å². The number of aromatic nitrogens is 4. The van der Waals surface area contributed by atoms with Gasteiger partial charge in [-0.2, -0.15) is 0 Å². The van der Waals surface area contributed by atoms with Gasteiger partial charge in [-0.25, -0.2) is 0 Å². The molecule has 3 aliphatic carbocycles. The topological polar surface area (TPSA) is 38.2 Å². The van der Waals surface area contributed by atoms with Gasteiger partial charge in [-0.3, -0.25) is 0 Å².